The first kappa shape index (κ1) is 20.3. The second-order valence-corrected chi connectivity index (χ2v) is 7.46. The van der Waals surface area contributed by atoms with Gasteiger partial charge in [0.05, 0.1) is 18.7 Å². The predicted octanol–water partition coefficient (Wildman–Crippen LogP) is 3.77. The number of nitrogens with one attached hydrogen (secondary N) is 1. The Bertz CT molecular complexity index is 1300. The lowest BCUT2D eigenvalue weighted by atomic mass is 9.99. The smallest absolute Gasteiger partial charge is 0.257 e. The van der Waals surface area contributed by atoms with Crippen LogP contribution in [0.15, 0.2) is 78.0 Å². The van der Waals surface area contributed by atoms with Gasteiger partial charge in [0.25, 0.3) is 5.91 Å². The van der Waals surface area contributed by atoms with Crippen LogP contribution >= 0.6 is 0 Å². The first-order valence-corrected chi connectivity index (χ1v) is 9.92. The topological polar surface area (TPSA) is 73.2 Å². The normalized spacial score (nSPS) is 11.8. The van der Waals surface area contributed by atoms with E-state index >= 15 is 0 Å². The molecule has 6 nitrogen and oxygen atoms in total. The monoisotopic (exact) mass is 413 g/mol. The maximum atomic E-state index is 13.3. The van der Waals surface area contributed by atoms with Crippen LogP contribution < -0.4 is 15.5 Å². The highest BCUT2D eigenvalue weighted by molar-refractivity contribution is 5.97. The second kappa shape index (κ2) is 8.44. The summed E-state index contributed by atoms with van der Waals surface area (Å²) in [5.41, 5.74) is 3.31. The SMILES string of the molecule is COc1ccc([C@H](NC(=O)c2cn(C)c3ccc(C)cc3c2=O)c2ccncc2)cc1. The summed E-state index contributed by atoms with van der Waals surface area (Å²) in [6.45, 7) is 1.93. The average molecular weight is 413 g/mol. The quantitative estimate of drug-likeness (QED) is 0.541. The molecule has 31 heavy (non-hydrogen) atoms. The number of rotatable bonds is 5. The highest BCUT2D eigenvalue weighted by Gasteiger charge is 2.21. The molecule has 0 aliphatic carbocycles. The molecule has 0 saturated carbocycles. The number of pyridine rings is 2. The van der Waals surface area contributed by atoms with Crippen LogP contribution in [0.2, 0.25) is 0 Å². The Hall–Kier alpha value is -3.93. The van der Waals surface area contributed by atoms with Gasteiger partial charge in [0, 0.05) is 31.0 Å². The standard InChI is InChI=1S/C25H23N3O3/c1-16-4-9-22-20(14-16)24(29)21(15-28(22)2)25(30)27-23(18-10-12-26-13-11-18)17-5-7-19(31-3)8-6-17/h4-15,23H,1-3H3,(H,27,30)/t23-/m0/s1. The van der Waals surface area contributed by atoms with Crippen LogP contribution in [-0.4, -0.2) is 22.6 Å². The highest BCUT2D eigenvalue weighted by atomic mass is 16.5. The zero-order valence-corrected chi connectivity index (χ0v) is 17.6. The second-order valence-electron chi connectivity index (χ2n) is 7.46. The van der Waals surface area contributed by atoms with Crippen LogP contribution in [0.1, 0.15) is 33.1 Å². The molecule has 156 valence electrons. The molecule has 0 aliphatic heterocycles. The molecule has 0 bridgehead atoms. The number of aromatic nitrogens is 2. The number of amides is 1. The van der Waals surface area contributed by atoms with Gasteiger partial charge in [-0.1, -0.05) is 23.8 Å². The molecule has 0 spiro atoms. The Morgan fingerprint density at radius 2 is 1.71 bits per heavy atom. The van der Waals surface area contributed by atoms with Gasteiger partial charge in [-0.3, -0.25) is 14.6 Å². The maximum Gasteiger partial charge on any atom is 0.257 e. The fraction of sp³-hybridized carbons (Fsp3) is 0.160. The van der Waals surface area contributed by atoms with E-state index in [2.05, 4.69) is 10.3 Å². The van der Waals surface area contributed by atoms with Crippen molar-refractivity contribution in [2.24, 2.45) is 7.05 Å². The van der Waals surface area contributed by atoms with Crippen molar-refractivity contribution < 1.29 is 9.53 Å². The van der Waals surface area contributed by atoms with Crippen molar-refractivity contribution in [3.05, 3.63) is 106 Å². The van der Waals surface area contributed by atoms with Crippen molar-refractivity contribution in [1.29, 1.82) is 0 Å². The Morgan fingerprint density at radius 3 is 2.39 bits per heavy atom. The summed E-state index contributed by atoms with van der Waals surface area (Å²) in [5, 5.41) is 3.56. The van der Waals surface area contributed by atoms with E-state index < -0.39 is 11.9 Å². The number of ether oxygens (including phenoxy) is 1. The van der Waals surface area contributed by atoms with Crippen LogP contribution in [0.5, 0.6) is 5.75 Å². The third kappa shape index (κ3) is 4.05. The molecule has 0 radical (unpaired) electrons. The summed E-state index contributed by atoms with van der Waals surface area (Å²) >= 11 is 0. The van der Waals surface area contributed by atoms with E-state index in [9.17, 15) is 9.59 Å². The zero-order valence-electron chi connectivity index (χ0n) is 17.6. The minimum absolute atomic E-state index is 0.105. The summed E-state index contributed by atoms with van der Waals surface area (Å²) in [6, 6.07) is 16.4. The minimum atomic E-state index is -0.445. The molecule has 1 N–H and O–H groups in total. The van der Waals surface area contributed by atoms with E-state index in [-0.39, 0.29) is 11.0 Å². The number of aryl methyl sites for hydroxylation is 2. The molecule has 1 amide bonds. The van der Waals surface area contributed by atoms with E-state index in [4.69, 9.17) is 4.74 Å². The fourth-order valence-corrected chi connectivity index (χ4v) is 3.69. The Labute approximate surface area is 180 Å². The van der Waals surface area contributed by atoms with Crippen molar-refractivity contribution in [2.45, 2.75) is 13.0 Å². The number of benzene rings is 2. The number of fused-ring (bicyclic) bond motifs is 1. The molecule has 0 unspecified atom stereocenters. The first-order chi connectivity index (χ1) is 15.0. The van der Waals surface area contributed by atoms with Crippen LogP contribution in [0.25, 0.3) is 10.9 Å². The lowest BCUT2D eigenvalue weighted by Crippen LogP contribution is -2.33. The van der Waals surface area contributed by atoms with Gasteiger partial charge >= 0.3 is 0 Å². The predicted molar refractivity (Wildman–Crippen MR) is 120 cm³/mol. The van der Waals surface area contributed by atoms with E-state index in [1.54, 1.807) is 30.3 Å². The third-order valence-corrected chi connectivity index (χ3v) is 5.35. The molecule has 0 saturated heterocycles. The molecule has 2 heterocycles. The lowest BCUT2D eigenvalue weighted by molar-refractivity contribution is 0.0941. The van der Waals surface area contributed by atoms with Gasteiger partial charge in [0.1, 0.15) is 11.3 Å². The molecular weight excluding hydrogens is 390 g/mol. The number of hydrogen-bond donors (Lipinski definition) is 1. The van der Waals surface area contributed by atoms with Crippen LogP contribution in [0, 0.1) is 6.92 Å². The number of carbonyl (C=O) groups is 1. The molecule has 2 aromatic heterocycles. The van der Waals surface area contributed by atoms with Crippen molar-refractivity contribution in [3.8, 4) is 5.75 Å². The van der Waals surface area contributed by atoms with Gasteiger partial charge in [-0.15, -0.1) is 0 Å². The van der Waals surface area contributed by atoms with Gasteiger partial charge in [-0.25, -0.2) is 0 Å². The largest absolute Gasteiger partial charge is 0.497 e. The lowest BCUT2D eigenvalue weighted by Gasteiger charge is -2.20. The summed E-state index contributed by atoms with van der Waals surface area (Å²) < 4.78 is 7.05. The number of carbonyl (C=O) groups excluding carboxylic acids is 1. The molecule has 1 atom stereocenters. The van der Waals surface area contributed by atoms with Crippen molar-refractivity contribution in [3.63, 3.8) is 0 Å². The summed E-state index contributed by atoms with van der Waals surface area (Å²) in [7, 11) is 3.44. The third-order valence-electron chi connectivity index (χ3n) is 5.35. The van der Waals surface area contributed by atoms with Crippen LogP contribution in [0.3, 0.4) is 0 Å². The number of methoxy groups -OCH3 is 1. The van der Waals surface area contributed by atoms with E-state index in [0.29, 0.717) is 5.39 Å². The first-order valence-electron chi connectivity index (χ1n) is 9.92. The van der Waals surface area contributed by atoms with Crippen LogP contribution in [-0.2, 0) is 7.05 Å². The van der Waals surface area contributed by atoms with Gasteiger partial charge in [-0.05, 0) is 54.4 Å². The molecule has 6 heteroatoms. The van der Waals surface area contributed by atoms with E-state index in [1.807, 2.05) is 68.6 Å². The van der Waals surface area contributed by atoms with Gasteiger partial charge < -0.3 is 14.6 Å². The van der Waals surface area contributed by atoms with E-state index in [1.165, 1.54) is 0 Å². The molecular formula is C25H23N3O3. The fourth-order valence-electron chi connectivity index (χ4n) is 3.69. The Morgan fingerprint density at radius 1 is 1.03 bits per heavy atom. The summed E-state index contributed by atoms with van der Waals surface area (Å²) in [6.07, 6.45) is 4.94. The summed E-state index contributed by atoms with van der Waals surface area (Å²) in [5.74, 6) is 0.295. The Kier molecular flexibility index (Phi) is 5.54. The van der Waals surface area contributed by atoms with Gasteiger partial charge in [0.15, 0.2) is 0 Å². The molecule has 0 fully saturated rings. The summed E-state index contributed by atoms with van der Waals surface area (Å²) in [4.78, 5) is 30.4. The average Bonchev–Trinajstić information content (AvgIpc) is 2.80. The highest BCUT2D eigenvalue weighted by Crippen LogP contribution is 2.24. The van der Waals surface area contributed by atoms with Crippen LogP contribution in [0.4, 0.5) is 0 Å². The molecule has 4 rings (SSSR count). The minimum Gasteiger partial charge on any atom is -0.497 e. The van der Waals surface area contributed by atoms with Crippen molar-refractivity contribution in [2.75, 3.05) is 7.11 Å². The van der Waals surface area contributed by atoms with Crippen molar-refractivity contribution in [1.82, 2.24) is 14.9 Å². The Balaban J connectivity index is 1.76. The van der Waals surface area contributed by atoms with Gasteiger partial charge in [0.2, 0.25) is 5.43 Å². The molecule has 2 aromatic carbocycles. The number of nitrogens with zero attached hydrogens (tertiary/aromatic N) is 2. The zero-order chi connectivity index (χ0) is 22.0. The van der Waals surface area contributed by atoms with E-state index in [0.717, 1.165) is 28.0 Å². The van der Waals surface area contributed by atoms with Gasteiger partial charge in [-0.2, -0.15) is 0 Å². The van der Waals surface area contributed by atoms with Crippen molar-refractivity contribution >= 4 is 16.8 Å². The molecule has 4 aromatic rings. The maximum absolute atomic E-state index is 13.3. The molecule has 0 aliphatic rings. The number of hydrogen-bond acceptors (Lipinski definition) is 4.